The van der Waals surface area contributed by atoms with E-state index < -0.39 is 5.97 Å². The van der Waals surface area contributed by atoms with Crippen LogP contribution < -0.4 is 10.6 Å². The fourth-order valence-corrected chi connectivity index (χ4v) is 2.00. The van der Waals surface area contributed by atoms with E-state index in [0.717, 1.165) is 12.8 Å². The monoisotopic (exact) mass is 312 g/mol. The van der Waals surface area contributed by atoms with Gasteiger partial charge in [0.15, 0.2) is 11.5 Å². The Morgan fingerprint density at radius 2 is 2.00 bits per heavy atom. The summed E-state index contributed by atoms with van der Waals surface area (Å²) >= 11 is 0. The molecule has 1 aliphatic carbocycles. The van der Waals surface area contributed by atoms with Crippen LogP contribution in [-0.2, 0) is 4.74 Å². The van der Waals surface area contributed by atoms with Crippen molar-refractivity contribution in [2.24, 2.45) is 0 Å². The maximum Gasteiger partial charge on any atom is 0.337 e. The van der Waals surface area contributed by atoms with Gasteiger partial charge >= 0.3 is 5.97 Å². The molecule has 0 unspecified atom stereocenters. The molecule has 2 N–H and O–H groups in total. The molecule has 0 atom stereocenters. The average molecular weight is 312 g/mol. The van der Waals surface area contributed by atoms with Crippen molar-refractivity contribution in [2.75, 3.05) is 12.4 Å². The number of nitrogens with zero attached hydrogens (tertiary/aromatic N) is 2. The average Bonchev–Trinajstić information content (AvgIpc) is 3.39. The summed E-state index contributed by atoms with van der Waals surface area (Å²) in [5, 5.41) is 13.8. The van der Waals surface area contributed by atoms with E-state index in [1.54, 1.807) is 36.4 Å². The molecule has 1 heterocycles. The summed E-state index contributed by atoms with van der Waals surface area (Å²) in [7, 11) is 1.33. The molecular weight excluding hydrogens is 296 g/mol. The van der Waals surface area contributed by atoms with Gasteiger partial charge < -0.3 is 15.4 Å². The maximum atomic E-state index is 11.8. The van der Waals surface area contributed by atoms with Crippen molar-refractivity contribution in [3.63, 3.8) is 0 Å². The first-order valence-corrected chi connectivity index (χ1v) is 7.26. The number of carbonyl (C=O) groups is 2. The predicted octanol–water partition coefficient (Wildman–Crippen LogP) is 1.90. The van der Waals surface area contributed by atoms with Gasteiger partial charge in [0, 0.05) is 11.7 Å². The third-order valence-electron chi connectivity index (χ3n) is 3.37. The van der Waals surface area contributed by atoms with Crippen LogP contribution in [0.3, 0.4) is 0 Å². The first-order chi connectivity index (χ1) is 11.2. The minimum atomic E-state index is -0.410. The van der Waals surface area contributed by atoms with Crippen LogP contribution >= 0.6 is 0 Å². The van der Waals surface area contributed by atoms with Gasteiger partial charge in [0.1, 0.15) is 0 Å². The van der Waals surface area contributed by atoms with E-state index in [9.17, 15) is 9.59 Å². The van der Waals surface area contributed by atoms with Gasteiger partial charge in [-0.3, -0.25) is 4.79 Å². The zero-order valence-corrected chi connectivity index (χ0v) is 12.6. The van der Waals surface area contributed by atoms with Crippen molar-refractivity contribution in [1.82, 2.24) is 15.5 Å². The largest absolute Gasteiger partial charge is 0.465 e. The van der Waals surface area contributed by atoms with Crippen LogP contribution in [0, 0.1) is 0 Å². The van der Waals surface area contributed by atoms with Crippen LogP contribution in [-0.4, -0.2) is 35.2 Å². The van der Waals surface area contributed by atoms with E-state index in [-0.39, 0.29) is 17.6 Å². The van der Waals surface area contributed by atoms with Gasteiger partial charge in [-0.2, -0.15) is 0 Å². The molecule has 2 aromatic rings. The van der Waals surface area contributed by atoms with E-state index in [1.165, 1.54) is 7.11 Å². The first kappa shape index (κ1) is 15.0. The highest BCUT2D eigenvalue weighted by Crippen LogP contribution is 2.19. The van der Waals surface area contributed by atoms with Crippen LogP contribution in [0.1, 0.15) is 33.7 Å². The normalized spacial score (nSPS) is 13.3. The summed E-state index contributed by atoms with van der Waals surface area (Å²) in [4.78, 5) is 23.3. The summed E-state index contributed by atoms with van der Waals surface area (Å²) in [6, 6.07) is 10.4. The molecule has 1 fully saturated rings. The lowest BCUT2D eigenvalue weighted by atomic mass is 10.2. The summed E-state index contributed by atoms with van der Waals surface area (Å²) in [5.74, 6) is -0.138. The Hall–Kier alpha value is -2.96. The summed E-state index contributed by atoms with van der Waals surface area (Å²) in [5.41, 5.74) is 1.40. The number of esters is 1. The molecule has 0 aliphatic heterocycles. The Bertz CT molecular complexity index is 726. The van der Waals surface area contributed by atoms with Gasteiger partial charge in [-0.25, -0.2) is 4.79 Å². The second-order valence-electron chi connectivity index (χ2n) is 5.25. The van der Waals surface area contributed by atoms with Gasteiger partial charge in [0.05, 0.1) is 12.7 Å². The van der Waals surface area contributed by atoms with Gasteiger partial charge in [-0.15, -0.1) is 10.2 Å². The zero-order valence-electron chi connectivity index (χ0n) is 12.6. The number of rotatable bonds is 5. The molecular formula is C16H16N4O3. The van der Waals surface area contributed by atoms with Gasteiger partial charge in [0.25, 0.3) is 5.91 Å². The number of hydrogen-bond donors (Lipinski definition) is 2. The highest BCUT2D eigenvalue weighted by molar-refractivity contribution is 5.92. The van der Waals surface area contributed by atoms with E-state index >= 15 is 0 Å². The molecule has 0 bridgehead atoms. The Labute approximate surface area is 133 Å². The molecule has 1 aromatic heterocycles. The number of aromatic nitrogens is 2. The number of anilines is 2. The van der Waals surface area contributed by atoms with Crippen molar-refractivity contribution in [3.8, 4) is 0 Å². The molecule has 7 nitrogen and oxygen atoms in total. The molecule has 118 valence electrons. The van der Waals surface area contributed by atoms with Crippen molar-refractivity contribution in [1.29, 1.82) is 0 Å². The quantitative estimate of drug-likeness (QED) is 0.819. The Balaban J connectivity index is 1.68. The topological polar surface area (TPSA) is 93.2 Å². The maximum absolute atomic E-state index is 11.8. The minimum Gasteiger partial charge on any atom is -0.465 e. The number of benzene rings is 1. The first-order valence-electron chi connectivity index (χ1n) is 7.26. The second-order valence-corrected chi connectivity index (χ2v) is 5.25. The Kier molecular flexibility index (Phi) is 4.18. The van der Waals surface area contributed by atoms with E-state index in [0.29, 0.717) is 17.1 Å². The second kappa shape index (κ2) is 6.43. The highest BCUT2D eigenvalue weighted by atomic mass is 16.5. The Morgan fingerprint density at radius 3 is 2.65 bits per heavy atom. The standard InChI is InChI=1S/C16H16N4O3/c1-23-16(22)10-3-2-4-12(9-10)17-14-8-7-13(19-20-14)15(21)18-11-5-6-11/h2-4,7-9,11H,5-6H2,1H3,(H,17,20)(H,18,21). The van der Waals surface area contributed by atoms with Gasteiger partial charge in [-0.1, -0.05) is 6.07 Å². The molecule has 1 saturated carbocycles. The van der Waals surface area contributed by atoms with Crippen LogP contribution in [0.5, 0.6) is 0 Å². The van der Waals surface area contributed by atoms with Crippen LogP contribution in [0.25, 0.3) is 0 Å². The van der Waals surface area contributed by atoms with Crippen molar-refractivity contribution < 1.29 is 14.3 Å². The summed E-state index contributed by atoms with van der Waals surface area (Å²) in [6.45, 7) is 0. The predicted molar refractivity (Wildman–Crippen MR) is 83.6 cm³/mol. The summed E-state index contributed by atoms with van der Waals surface area (Å²) < 4.78 is 4.68. The van der Waals surface area contributed by atoms with E-state index in [1.807, 2.05) is 0 Å². The van der Waals surface area contributed by atoms with Crippen LogP contribution in [0.2, 0.25) is 0 Å². The van der Waals surface area contributed by atoms with Crippen molar-refractivity contribution >= 4 is 23.4 Å². The molecule has 0 radical (unpaired) electrons. The SMILES string of the molecule is COC(=O)c1cccc(Nc2ccc(C(=O)NC3CC3)nn2)c1. The lowest BCUT2D eigenvalue weighted by Gasteiger charge is -2.07. The number of ether oxygens (including phenoxy) is 1. The van der Waals surface area contributed by atoms with Crippen molar-refractivity contribution in [3.05, 3.63) is 47.7 Å². The molecule has 1 aliphatic rings. The van der Waals surface area contributed by atoms with E-state index in [4.69, 9.17) is 0 Å². The van der Waals surface area contributed by atoms with Crippen LogP contribution in [0.4, 0.5) is 11.5 Å². The Morgan fingerprint density at radius 1 is 1.17 bits per heavy atom. The fourth-order valence-electron chi connectivity index (χ4n) is 2.00. The fraction of sp³-hybridized carbons (Fsp3) is 0.250. The lowest BCUT2D eigenvalue weighted by molar-refractivity contribution is 0.0600. The minimum absolute atomic E-state index is 0.209. The summed E-state index contributed by atoms with van der Waals surface area (Å²) in [6.07, 6.45) is 2.05. The van der Waals surface area contributed by atoms with Gasteiger partial charge in [0.2, 0.25) is 0 Å². The molecule has 7 heteroatoms. The third kappa shape index (κ3) is 3.82. The lowest BCUT2D eigenvalue weighted by Crippen LogP contribution is -2.26. The number of carbonyl (C=O) groups excluding carboxylic acids is 2. The molecule has 0 spiro atoms. The zero-order chi connectivity index (χ0) is 16.2. The number of hydrogen-bond acceptors (Lipinski definition) is 6. The molecule has 3 rings (SSSR count). The highest BCUT2D eigenvalue weighted by Gasteiger charge is 2.24. The van der Waals surface area contributed by atoms with Gasteiger partial charge in [-0.05, 0) is 43.2 Å². The molecule has 1 amide bonds. The molecule has 23 heavy (non-hydrogen) atoms. The number of nitrogens with one attached hydrogen (secondary N) is 2. The molecule has 1 aromatic carbocycles. The third-order valence-corrected chi connectivity index (χ3v) is 3.37. The van der Waals surface area contributed by atoms with Crippen molar-refractivity contribution in [2.45, 2.75) is 18.9 Å². The smallest absolute Gasteiger partial charge is 0.337 e. The van der Waals surface area contributed by atoms with Crippen LogP contribution in [0.15, 0.2) is 36.4 Å². The number of amides is 1. The molecule has 0 saturated heterocycles. The number of methoxy groups -OCH3 is 1. The van der Waals surface area contributed by atoms with E-state index in [2.05, 4.69) is 25.6 Å².